The molecule has 17 heavy (non-hydrogen) atoms. The van der Waals surface area contributed by atoms with E-state index in [0.29, 0.717) is 11.4 Å². The molecule has 3 nitrogen and oxygen atoms in total. The second kappa shape index (κ2) is 6.62. The van der Waals surface area contributed by atoms with E-state index >= 15 is 0 Å². The Kier molecular flexibility index (Phi) is 5.45. The number of carbonyl (C=O) groups is 1. The number of carboxylic acid groups (broad SMARTS) is 1. The molecule has 4 heteroatoms. The van der Waals surface area contributed by atoms with Gasteiger partial charge in [-0.25, -0.2) is 0 Å². The highest BCUT2D eigenvalue weighted by Gasteiger charge is 2.23. The second-order valence-electron chi connectivity index (χ2n) is 3.91. The Morgan fingerprint density at radius 3 is 2.53 bits per heavy atom. The zero-order chi connectivity index (χ0) is 12.8. The van der Waals surface area contributed by atoms with Gasteiger partial charge < -0.3 is 5.11 Å². The largest absolute Gasteiger partial charge is 0.480 e. The fourth-order valence-electron chi connectivity index (χ4n) is 1.92. The minimum atomic E-state index is -0.784. The van der Waals surface area contributed by atoms with E-state index < -0.39 is 12.0 Å². The zero-order valence-corrected chi connectivity index (χ0v) is 10.9. The number of hydrogen-bond donors (Lipinski definition) is 1. The van der Waals surface area contributed by atoms with E-state index in [1.54, 1.807) is 6.07 Å². The summed E-state index contributed by atoms with van der Waals surface area (Å²) in [6.07, 6.45) is 0.484. The third kappa shape index (κ3) is 4.02. The Balaban J connectivity index is 2.83. The lowest BCUT2D eigenvalue weighted by atomic mass is 10.0. The molecule has 0 aliphatic rings. The second-order valence-corrected chi connectivity index (χ2v) is 4.35. The Morgan fingerprint density at radius 1 is 1.41 bits per heavy atom. The minimum Gasteiger partial charge on any atom is -0.480 e. The van der Waals surface area contributed by atoms with E-state index in [4.69, 9.17) is 11.6 Å². The van der Waals surface area contributed by atoms with Crippen molar-refractivity contribution >= 4 is 17.6 Å². The Morgan fingerprint density at radius 2 is 2.06 bits per heavy atom. The van der Waals surface area contributed by atoms with Gasteiger partial charge in [-0.05, 0) is 37.2 Å². The van der Waals surface area contributed by atoms with Gasteiger partial charge in [0, 0.05) is 5.02 Å². The first-order valence-electron chi connectivity index (χ1n) is 5.79. The zero-order valence-electron chi connectivity index (χ0n) is 10.2. The smallest absolute Gasteiger partial charge is 0.321 e. The molecule has 1 N–H and O–H groups in total. The maximum atomic E-state index is 11.3. The van der Waals surface area contributed by atoms with E-state index in [1.807, 2.05) is 36.9 Å². The lowest BCUT2D eigenvalue weighted by Crippen LogP contribution is -2.42. The average molecular weight is 256 g/mol. The number of aliphatic carboxylic acids is 1. The van der Waals surface area contributed by atoms with Gasteiger partial charge in [0.25, 0.3) is 0 Å². The summed E-state index contributed by atoms with van der Waals surface area (Å²) in [5.41, 5.74) is 0.955. The molecule has 0 fully saturated rings. The Hall–Kier alpha value is -1.06. The van der Waals surface area contributed by atoms with Crippen LogP contribution < -0.4 is 0 Å². The highest BCUT2D eigenvalue weighted by Crippen LogP contribution is 2.14. The van der Waals surface area contributed by atoms with Crippen LogP contribution in [0, 0.1) is 0 Å². The van der Waals surface area contributed by atoms with Gasteiger partial charge in [-0.15, -0.1) is 0 Å². The van der Waals surface area contributed by atoms with Crippen molar-refractivity contribution in [1.82, 2.24) is 4.90 Å². The van der Waals surface area contributed by atoms with E-state index in [9.17, 15) is 9.90 Å². The van der Waals surface area contributed by atoms with Crippen LogP contribution in [-0.2, 0) is 11.2 Å². The Labute approximate surface area is 107 Å². The van der Waals surface area contributed by atoms with Crippen molar-refractivity contribution in [1.29, 1.82) is 0 Å². The summed E-state index contributed by atoms with van der Waals surface area (Å²) in [5, 5.41) is 9.91. The molecule has 0 heterocycles. The highest BCUT2D eigenvalue weighted by atomic mass is 35.5. The summed E-state index contributed by atoms with van der Waals surface area (Å²) < 4.78 is 0. The fraction of sp³-hybridized carbons (Fsp3) is 0.462. The van der Waals surface area contributed by atoms with Crippen molar-refractivity contribution in [2.75, 3.05) is 13.1 Å². The maximum absolute atomic E-state index is 11.3. The molecule has 0 unspecified atom stereocenters. The van der Waals surface area contributed by atoms with Crippen LogP contribution in [0.25, 0.3) is 0 Å². The third-order valence-corrected chi connectivity index (χ3v) is 3.09. The lowest BCUT2D eigenvalue weighted by molar-refractivity contribution is -0.143. The molecular formula is C13H18ClNO2. The number of rotatable bonds is 6. The first-order chi connectivity index (χ1) is 8.08. The van der Waals surface area contributed by atoms with E-state index in [1.165, 1.54) is 0 Å². The normalized spacial score (nSPS) is 12.7. The molecule has 0 spiro atoms. The number of carboxylic acids is 1. The van der Waals surface area contributed by atoms with Crippen molar-refractivity contribution in [2.24, 2.45) is 0 Å². The highest BCUT2D eigenvalue weighted by molar-refractivity contribution is 6.30. The predicted molar refractivity (Wildman–Crippen MR) is 69.5 cm³/mol. The maximum Gasteiger partial charge on any atom is 0.321 e. The summed E-state index contributed by atoms with van der Waals surface area (Å²) in [6, 6.07) is 6.88. The quantitative estimate of drug-likeness (QED) is 0.850. The molecule has 0 radical (unpaired) electrons. The van der Waals surface area contributed by atoms with E-state index in [0.717, 1.165) is 18.7 Å². The molecule has 1 aromatic carbocycles. The molecule has 0 aliphatic heterocycles. The van der Waals surface area contributed by atoms with Crippen molar-refractivity contribution in [2.45, 2.75) is 26.3 Å². The van der Waals surface area contributed by atoms with Gasteiger partial charge in [0.1, 0.15) is 6.04 Å². The van der Waals surface area contributed by atoms with Crippen LogP contribution >= 0.6 is 11.6 Å². The first kappa shape index (κ1) is 14.0. The standard InChI is InChI=1S/C13H18ClNO2/c1-3-15(4-2)12(13(16)17)9-10-6-5-7-11(14)8-10/h5-8,12H,3-4,9H2,1-2H3,(H,16,17)/t12-/m1/s1. The summed E-state index contributed by atoms with van der Waals surface area (Å²) in [4.78, 5) is 13.2. The summed E-state index contributed by atoms with van der Waals surface area (Å²) >= 11 is 5.89. The molecule has 0 bridgehead atoms. The molecule has 0 saturated carbocycles. The third-order valence-electron chi connectivity index (χ3n) is 2.86. The Bertz CT molecular complexity index is 377. The molecular weight excluding hydrogens is 238 g/mol. The van der Waals surface area contributed by atoms with Crippen molar-refractivity contribution < 1.29 is 9.90 Å². The van der Waals surface area contributed by atoms with Crippen LogP contribution in [0.2, 0.25) is 5.02 Å². The average Bonchev–Trinajstić information content (AvgIpc) is 2.29. The van der Waals surface area contributed by atoms with Crippen LogP contribution in [0.4, 0.5) is 0 Å². The van der Waals surface area contributed by atoms with Crippen molar-refractivity contribution in [3.05, 3.63) is 34.9 Å². The number of likely N-dealkylation sites (N-methyl/N-ethyl adjacent to an activating group) is 1. The topological polar surface area (TPSA) is 40.5 Å². The summed E-state index contributed by atoms with van der Waals surface area (Å²) in [7, 11) is 0. The predicted octanol–water partition coefficient (Wildman–Crippen LogP) is 2.68. The van der Waals surface area contributed by atoms with Crippen LogP contribution in [0.1, 0.15) is 19.4 Å². The van der Waals surface area contributed by atoms with Crippen LogP contribution in [-0.4, -0.2) is 35.1 Å². The number of benzene rings is 1. The molecule has 1 atom stereocenters. The monoisotopic (exact) mass is 255 g/mol. The number of hydrogen-bond acceptors (Lipinski definition) is 2. The summed E-state index contributed by atoms with van der Waals surface area (Å²) in [5.74, 6) is -0.784. The summed E-state index contributed by atoms with van der Waals surface area (Å²) in [6.45, 7) is 5.40. The van der Waals surface area contributed by atoms with Gasteiger partial charge in [0.15, 0.2) is 0 Å². The fourth-order valence-corrected chi connectivity index (χ4v) is 2.14. The number of nitrogens with zero attached hydrogens (tertiary/aromatic N) is 1. The minimum absolute atomic E-state index is 0.483. The van der Waals surface area contributed by atoms with Crippen LogP contribution in [0.3, 0.4) is 0 Å². The first-order valence-corrected chi connectivity index (χ1v) is 6.17. The van der Waals surface area contributed by atoms with E-state index in [2.05, 4.69) is 0 Å². The van der Waals surface area contributed by atoms with Gasteiger partial charge >= 0.3 is 5.97 Å². The molecule has 0 aromatic heterocycles. The van der Waals surface area contributed by atoms with Crippen molar-refractivity contribution in [3.63, 3.8) is 0 Å². The van der Waals surface area contributed by atoms with Crippen LogP contribution in [0.15, 0.2) is 24.3 Å². The van der Waals surface area contributed by atoms with Gasteiger partial charge in [-0.3, -0.25) is 9.69 Å². The SMILES string of the molecule is CCN(CC)[C@H](Cc1cccc(Cl)c1)C(=O)O. The molecule has 0 saturated heterocycles. The van der Waals surface area contributed by atoms with E-state index in [-0.39, 0.29) is 0 Å². The van der Waals surface area contributed by atoms with Gasteiger partial charge in [0.2, 0.25) is 0 Å². The molecule has 0 aliphatic carbocycles. The van der Waals surface area contributed by atoms with Crippen molar-refractivity contribution in [3.8, 4) is 0 Å². The molecule has 94 valence electrons. The lowest BCUT2D eigenvalue weighted by Gasteiger charge is -2.26. The van der Waals surface area contributed by atoms with Gasteiger partial charge in [-0.2, -0.15) is 0 Å². The van der Waals surface area contributed by atoms with Gasteiger partial charge in [-0.1, -0.05) is 37.6 Å². The molecule has 0 amide bonds. The molecule has 1 aromatic rings. The number of halogens is 1. The van der Waals surface area contributed by atoms with Crippen LogP contribution in [0.5, 0.6) is 0 Å². The molecule has 1 rings (SSSR count). The van der Waals surface area contributed by atoms with Gasteiger partial charge in [0.05, 0.1) is 0 Å².